The smallest absolute Gasteiger partial charge is 0.145 e. The lowest BCUT2D eigenvalue weighted by molar-refractivity contribution is 0.151. The number of hydrogen-bond donors (Lipinski definition) is 3. The minimum Gasteiger partial charge on any atom is -0.372 e. The third-order valence-corrected chi connectivity index (χ3v) is 5.53. The molecule has 3 aromatic rings. The lowest BCUT2D eigenvalue weighted by Crippen LogP contribution is -2.37. The van der Waals surface area contributed by atoms with Crippen LogP contribution in [0.2, 0.25) is 0 Å². The molecule has 26 heavy (non-hydrogen) atoms. The van der Waals surface area contributed by atoms with E-state index in [1.54, 1.807) is 0 Å². The van der Waals surface area contributed by atoms with Gasteiger partial charge in [0.15, 0.2) is 0 Å². The van der Waals surface area contributed by atoms with Crippen molar-refractivity contribution in [3.05, 3.63) is 65.4 Å². The molecule has 0 spiro atoms. The summed E-state index contributed by atoms with van der Waals surface area (Å²) in [5, 5.41) is 12.1. The molecule has 0 fully saturated rings. The van der Waals surface area contributed by atoms with Gasteiger partial charge in [-0.1, -0.05) is 36.4 Å². The second-order valence-electron chi connectivity index (χ2n) is 7.02. The van der Waals surface area contributed by atoms with E-state index in [0.29, 0.717) is 13.1 Å². The van der Waals surface area contributed by atoms with Gasteiger partial charge in [-0.2, -0.15) is 0 Å². The van der Waals surface area contributed by atoms with Gasteiger partial charge in [-0.25, -0.2) is 0 Å². The van der Waals surface area contributed by atoms with Crippen LogP contribution >= 0.6 is 0 Å². The Bertz CT molecular complexity index is 933. The van der Waals surface area contributed by atoms with Crippen LogP contribution in [0.3, 0.4) is 0 Å². The molecule has 2 heterocycles. The maximum Gasteiger partial charge on any atom is 0.145 e. The number of rotatable bonds is 5. The number of anilines is 1. The summed E-state index contributed by atoms with van der Waals surface area (Å²) in [5.41, 5.74) is 17.8. The standard InChI is InChI=1S/C21H26N4O/c1-14-21(17(23)12-22)16-7-3-5-9-19(16)25(14)13-20(26)24-11-10-15-6-2-4-8-18(15)24/h2-9,17,20,26H,10-13,22-23H2,1H3. The first-order valence-electron chi connectivity index (χ1n) is 9.17. The minimum atomic E-state index is -0.588. The molecule has 0 saturated heterocycles. The van der Waals surface area contributed by atoms with Gasteiger partial charge in [-0.15, -0.1) is 0 Å². The Labute approximate surface area is 153 Å². The van der Waals surface area contributed by atoms with E-state index in [9.17, 15) is 5.11 Å². The van der Waals surface area contributed by atoms with E-state index in [1.165, 1.54) is 5.56 Å². The van der Waals surface area contributed by atoms with Gasteiger partial charge in [0.1, 0.15) is 6.23 Å². The molecule has 1 aliphatic heterocycles. The van der Waals surface area contributed by atoms with Crippen LogP contribution in [0.25, 0.3) is 10.9 Å². The first kappa shape index (κ1) is 17.1. The first-order valence-corrected chi connectivity index (χ1v) is 9.17. The number of aromatic nitrogens is 1. The number of para-hydroxylation sites is 2. The lowest BCUT2D eigenvalue weighted by atomic mass is 10.0. The van der Waals surface area contributed by atoms with Crippen molar-refractivity contribution in [2.45, 2.75) is 32.2 Å². The van der Waals surface area contributed by atoms with E-state index in [2.05, 4.69) is 46.7 Å². The molecule has 4 rings (SSSR count). The third kappa shape index (κ3) is 2.69. The van der Waals surface area contributed by atoms with Crippen LogP contribution in [0.4, 0.5) is 5.69 Å². The molecule has 136 valence electrons. The van der Waals surface area contributed by atoms with Gasteiger partial charge in [0.25, 0.3) is 0 Å². The second-order valence-corrected chi connectivity index (χ2v) is 7.02. The summed E-state index contributed by atoms with van der Waals surface area (Å²) in [7, 11) is 0. The Balaban J connectivity index is 1.71. The molecule has 5 nitrogen and oxygen atoms in total. The molecule has 2 aromatic carbocycles. The lowest BCUT2D eigenvalue weighted by Gasteiger charge is -2.27. The average Bonchev–Trinajstić information content (AvgIpc) is 3.21. The third-order valence-electron chi connectivity index (χ3n) is 5.53. The molecule has 2 unspecified atom stereocenters. The topological polar surface area (TPSA) is 80.4 Å². The highest BCUT2D eigenvalue weighted by molar-refractivity contribution is 5.86. The van der Waals surface area contributed by atoms with Gasteiger partial charge < -0.3 is 26.0 Å². The molecule has 5 N–H and O–H groups in total. The largest absolute Gasteiger partial charge is 0.372 e. The maximum absolute atomic E-state index is 11.0. The van der Waals surface area contributed by atoms with Crippen molar-refractivity contribution in [2.75, 3.05) is 18.0 Å². The van der Waals surface area contributed by atoms with Crippen molar-refractivity contribution in [1.29, 1.82) is 0 Å². The van der Waals surface area contributed by atoms with Gasteiger partial charge in [0.2, 0.25) is 0 Å². The summed E-state index contributed by atoms with van der Waals surface area (Å²) in [5.74, 6) is 0. The van der Waals surface area contributed by atoms with Crippen LogP contribution < -0.4 is 16.4 Å². The minimum absolute atomic E-state index is 0.203. The molecule has 0 bridgehead atoms. The predicted octanol–water partition coefficient (Wildman–Crippen LogP) is 2.29. The summed E-state index contributed by atoms with van der Waals surface area (Å²) in [6, 6.07) is 16.3. The van der Waals surface area contributed by atoms with E-state index in [0.717, 1.165) is 40.8 Å². The van der Waals surface area contributed by atoms with Gasteiger partial charge >= 0.3 is 0 Å². The molecule has 0 aliphatic carbocycles. The summed E-state index contributed by atoms with van der Waals surface area (Å²) in [4.78, 5) is 2.09. The Morgan fingerprint density at radius 1 is 1.12 bits per heavy atom. The summed E-state index contributed by atoms with van der Waals surface area (Å²) in [6.07, 6.45) is 0.386. The van der Waals surface area contributed by atoms with Gasteiger partial charge in [-0.3, -0.25) is 0 Å². The summed E-state index contributed by atoms with van der Waals surface area (Å²) < 4.78 is 2.17. The number of aliphatic hydroxyl groups is 1. The van der Waals surface area contributed by atoms with Crippen molar-refractivity contribution in [3.63, 3.8) is 0 Å². The van der Waals surface area contributed by atoms with Crippen molar-refractivity contribution in [2.24, 2.45) is 11.5 Å². The van der Waals surface area contributed by atoms with E-state index in [-0.39, 0.29) is 6.04 Å². The quantitative estimate of drug-likeness (QED) is 0.659. The Morgan fingerprint density at radius 3 is 2.65 bits per heavy atom. The molecular weight excluding hydrogens is 324 g/mol. The van der Waals surface area contributed by atoms with E-state index >= 15 is 0 Å². The van der Waals surface area contributed by atoms with Gasteiger partial charge in [0.05, 0.1) is 6.54 Å². The first-order chi connectivity index (χ1) is 12.6. The molecule has 0 radical (unpaired) electrons. The van der Waals surface area contributed by atoms with Crippen LogP contribution in [0.15, 0.2) is 48.5 Å². The Hall–Kier alpha value is -2.34. The zero-order chi connectivity index (χ0) is 18.3. The van der Waals surface area contributed by atoms with Crippen molar-refractivity contribution in [1.82, 2.24) is 4.57 Å². The Morgan fingerprint density at radius 2 is 1.85 bits per heavy atom. The monoisotopic (exact) mass is 350 g/mol. The number of nitrogens with two attached hydrogens (primary N) is 2. The molecule has 1 aromatic heterocycles. The van der Waals surface area contributed by atoms with Crippen LogP contribution in [0.5, 0.6) is 0 Å². The number of aliphatic hydroxyl groups excluding tert-OH is 1. The highest BCUT2D eigenvalue weighted by atomic mass is 16.3. The number of fused-ring (bicyclic) bond motifs is 2. The molecule has 1 aliphatic rings. The van der Waals surface area contributed by atoms with Crippen LogP contribution in [-0.2, 0) is 13.0 Å². The number of nitrogens with zero attached hydrogens (tertiary/aromatic N) is 2. The van der Waals surface area contributed by atoms with E-state index < -0.39 is 6.23 Å². The fourth-order valence-electron chi connectivity index (χ4n) is 4.21. The maximum atomic E-state index is 11.0. The molecule has 0 amide bonds. The Kier molecular flexibility index (Phi) is 4.44. The SMILES string of the molecule is Cc1c(C(N)CN)c2ccccc2n1CC(O)N1CCc2ccccc21. The molecule has 0 saturated carbocycles. The normalized spacial score (nSPS) is 16.1. The molecular formula is C21H26N4O. The number of benzene rings is 2. The fraction of sp³-hybridized carbons (Fsp3) is 0.333. The highest BCUT2D eigenvalue weighted by Crippen LogP contribution is 2.32. The van der Waals surface area contributed by atoms with Crippen molar-refractivity contribution < 1.29 is 5.11 Å². The van der Waals surface area contributed by atoms with Crippen LogP contribution in [-0.4, -0.2) is 29.0 Å². The summed E-state index contributed by atoms with van der Waals surface area (Å²) in [6.45, 7) is 3.80. The molecule has 2 atom stereocenters. The molecule has 5 heteroatoms. The zero-order valence-corrected chi connectivity index (χ0v) is 15.1. The van der Waals surface area contributed by atoms with Crippen LogP contribution in [0, 0.1) is 6.92 Å². The zero-order valence-electron chi connectivity index (χ0n) is 15.1. The van der Waals surface area contributed by atoms with Crippen molar-refractivity contribution >= 4 is 16.6 Å². The van der Waals surface area contributed by atoms with Crippen molar-refractivity contribution in [3.8, 4) is 0 Å². The van der Waals surface area contributed by atoms with Gasteiger partial charge in [-0.05, 0) is 36.6 Å². The highest BCUT2D eigenvalue weighted by Gasteiger charge is 2.26. The predicted molar refractivity (Wildman–Crippen MR) is 106 cm³/mol. The summed E-state index contributed by atoms with van der Waals surface area (Å²) >= 11 is 0. The number of hydrogen-bond acceptors (Lipinski definition) is 4. The fourth-order valence-corrected chi connectivity index (χ4v) is 4.21. The van der Waals surface area contributed by atoms with E-state index in [4.69, 9.17) is 11.5 Å². The van der Waals surface area contributed by atoms with Gasteiger partial charge in [0, 0.05) is 41.4 Å². The van der Waals surface area contributed by atoms with Crippen LogP contribution in [0.1, 0.15) is 22.9 Å². The second kappa shape index (κ2) is 6.76. The average molecular weight is 350 g/mol. The van der Waals surface area contributed by atoms with E-state index in [1.807, 2.05) is 18.2 Å².